The van der Waals surface area contributed by atoms with E-state index in [1.165, 1.54) is 6.42 Å². The van der Waals surface area contributed by atoms with Crippen LogP contribution in [0.15, 0.2) is 18.2 Å². The van der Waals surface area contributed by atoms with Gasteiger partial charge in [-0.25, -0.2) is 0 Å². The Morgan fingerprint density at radius 3 is 2.11 bits per heavy atom. The van der Waals surface area contributed by atoms with Gasteiger partial charge in [0.05, 0.1) is 0 Å². The summed E-state index contributed by atoms with van der Waals surface area (Å²) in [5.41, 5.74) is 0.771. The number of unbranched alkanes of at least 4 members (excludes halogenated alkanes) is 3. The van der Waals surface area contributed by atoms with Crippen LogP contribution in [0.2, 0.25) is 0 Å². The van der Waals surface area contributed by atoms with Gasteiger partial charge in [-0.3, -0.25) is 9.59 Å². The molecule has 0 saturated carbocycles. The minimum Gasteiger partial charge on any atom is -0.428 e. The third-order valence-electron chi connectivity index (χ3n) is 2.72. The molecule has 0 aromatic heterocycles. The normalized spacial score (nSPS) is 9.83. The highest BCUT2D eigenvalue weighted by molar-refractivity contribution is 5.55. The van der Waals surface area contributed by atoms with Crippen molar-refractivity contribution in [3.05, 3.63) is 23.8 Å². The van der Waals surface area contributed by atoms with E-state index in [2.05, 4.69) is 6.92 Å². The Labute approximate surface area is 107 Å². The third-order valence-corrected chi connectivity index (χ3v) is 2.72. The Bertz CT molecular complexity index is 359. The van der Waals surface area contributed by atoms with Crippen molar-refractivity contribution in [1.29, 1.82) is 0 Å². The molecular weight excluding hydrogens is 232 g/mol. The average molecular weight is 250 g/mol. The fraction of sp³-hybridized carbons (Fsp3) is 0.429. The lowest BCUT2D eigenvalue weighted by Crippen LogP contribution is -2.00. The van der Waals surface area contributed by atoms with Crippen LogP contribution in [0.1, 0.15) is 38.2 Å². The van der Waals surface area contributed by atoms with Crippen molar-refractivity contribution < 1.29 is 19.1 Å². The number of benzene rings is 1. The maximum Gasteiger partial charge on any atom is 0.298 e. The minimum absolute atomic E-state index is 0.384. The van der Waals surface area contributed by atoms with Crippen LogP contribution in [0.3, 0.4) is 0 Å². The van der Waals surface area contributed by atoms with Crippen LogP contribution in [0.5, 0.6) is 11.5 Å². The van der Waals surface area contributed by atoms with Crippen LogP contribution < -0.4 is 9.47 Å². The maximum absolute atomic E-state index is 10.4. The first-order valence-electron chi connectivity index (χ1n) is 6.16. The van der Waals surface area contributed by atoms with Crippen molar-refractivity contribution in [2.45, 2.75) is 39.0 Å². The lowest BCUT2D eigenvalue weighted by Gasteiger charge is -2.11. The van der Waals surface area contributed by atoms with Crippen LogP contribution in [0.4, 0.5) is 0 Å². The van der Waals surface area contributed by atoms with Crippen molar-refractivity contribution in [3.63, 3.8) is 0 Å². The summed E-state index contributed by atoms with van der Waals surface area (Å²) >= 11 is 0. The molecule has 0 spiro atoms. The van der Waals surface area contributed by atoms with Gasteiger partial charge in [0.2, 0.25) is 0 Å². The summed E-state index contributed by atoms with van der Waals surface area (Å²) in [5, 5.41) is 0. The molecule has 18 heavy (non-hydrogen) atoms. The second kappa shape index (κ2) is 8.28. The molecule has 0 aliphatic heterocycles. The predicted octanol–water partition coefficient (Wildman–Crippen LogP) is 2.88. The van der Waals surface area contributed by atoms with Gasteiger partial charge in [-0.1, -0.05) is 32.3 Å². The molecule has 0 heterocycles. The van der Waals surface area contributed by atoms with E-state index in [0.717, 1.165) is 31.2 Å². The second-order valence-electron chi connectivity index (χ2n) is 3.97. The Hall–Kier alpha value is -1.84. The van der Waals surface area contributed by atoms with E-state index >= 15 is 0 Å². The van der Waals surface area contributed by atoms with Gasteiger partial charge in [0, 0.05) is 5.56 Å². The molecule has 0 unspecified atom stereocenters. The van der Waals surface area contributed by atoms with E-state index in [0.29, 0.717) is 24.4 Å². The molecule has 0 aliphatic carbocycles. The van der Waals surface area contributed by atoms with Crippen LogP contribution in [-0.4, -0.2) is 12.9 Å². The molecule has 1 aromatic rings. The first kappa shape index (κ1) is 14.2. The summed E-state index contributed by atoms with van der Waals surface area (Å²) in [6.07, 6.45) is 5.13. The number of ether oxygens (including phenoxy) is 2. The van der Waals surface area contributed by atoms with Crippen molar-refractivity contribution in [2.24, 2.45) is 0 Å². The summed E-state index contributed by atoms with van der Waals surface area (Å²) in [6, 6.07) is 5.08. The van der Waals surface area contributed by atoms with Gasteiger partial charge in [0.25, 0.3) is 12.9 Å². The number of hydrogen-bond donors (Lipinski definition) is 0. The summed E-state index contributed by atoms with van der Waals surface area (Å²) in [5.74, 6) is 0.918. The summed E-state index contributed by atoms with van der Waals surface area (Å²) in [4.78, 5) is 20.9. The number of rotatable bonds is 9. The largest absolute Gasteiger partial charge is 0.428 e. The van der Waals surface area contributed by atoms with Gasteiger partial charge in [0.15, 0.2) is 0 Å². The Morgan fingerprint density at radius 1 is 1.00 bits per heavy atom. The topological polar surface area (TPSA) is 52.6 Å². The fourth-order valence-corrected chi connectivity index (χ4v) is 1.84. The molecule has 0 N–H and O–H groups in total. The Kier molecular flexibility index (Phi) is 6.54. The van der Waals surface area contributed by atoms with Crippen molar-refractivity contribution in [1.82, 2.24) is 0 Å². The van der Waals surface area contributed by atoms with E-state index < -0.39 is 0 Å². The fourth-order valence-electron chi connectivity index (χ4n) is 1.84. The van der Waals surface area contributed by atoms with Gasteiger partial charge < -0.3 is 9.47 Å². The van der Waals surface area contributed by atoms with Gasteiger partial charge in [-0.2, -0.15) is 0 Å². The van der Waals surface area contributed by atoms with E-state index in [4.69, 9.17) is 9.47 Å². The molecule has 0 amide bonds. The molecule has 1 rings (SSSR count). The monoisotopic (exact) mass is 250 g/mol. The summed E-state index contributed by atoms with van der Waals surface area (Å²) in [6.45, 7) is 2.91. The molecule has 4 heteroatoms. The smallest absolute Gasteiger partial charge is 0.298 e. The van der Waals surface area contributed by atoms with E-state index in [1.54, 1.807) is 18.2 Å². The lowest BCUT2D eigenvalue weighted by molar-refractivity contribution is -0.121. The van der Waals surface area contributed by atoms with Crippen LogP contribution >= 0.6 is 0 Å². The minimum atomic E-state index is 0.384. The van der Waals surface area contributed by atoms with E-state index in [9.17, 15) is 9.59 Å². The van der Waals surface area contributed by atoms with Crippen LogP contribution in [0.25, 0.3) is 0 Å². The average Bonchev–Trinajstić information content (AvgIpc) is 2.38. The number of carbonyl (C=O) groups is 2. The van der Waals surface area contributed by atoms with Gasteiger partial charge in [0.1, 0.15) is 11.5 Å². The SMILES string of the molecule is CCCCCCc1c(OC=O)cccc1OC=O. The summed E-state index contributed by atoms with van der Waals surface area (Å²) < 4.78 is 9.81. The molecule has 0 atom stereocenters. The molecule has 0 fully saturated rings. The third kappa shape index (κ3) is 4.20. The molecule has 0 saturated heterocycles. The van der Waals surface area contributed by atoms with Crippen molar-refractivity contribution in [3.8, 4) is 11.5 Å². The molecular formula is C14H18O4. The Balaban J connectivity index is 2.80. The second-order valence-corrected chi connectivity index (χ2v) is 3.97. The first-order valence-corrected chi connectivity index (χ1v) is 6.16. The molecule has 1 aromatic carbocycles. The molecule has 98 valence electrons. The molecule has 0 radical (unpaired) electrons. The van der Waals surface area contributed by atoms with Gasteiger partial charge in [-0.05, 0) is 25.0 Å². The van der Waals surface area contributed by atoms with Crippen molar-refractivity contribution in [2.75, 3.05) is 0 Å². The zero-order valence-corrected chi connectivity index (χ0v) is 10.6. The highest BCUT2D eigenvalue weighted by Crippen LogP contribution is 2.29. The van der Waals surface area contributed by atoms with Crippen LogP contribution in [-0.2, 0) is 16.0 Å². The van der Waals surface area contributed by atoms with E-state index in [-0.39, 0.29) is 0 Å². The zero-order chi connectivity index (χ0) is 13.2. The maximum atomic E-state index is 10.4. The van der Waals surface area contributed by atoms with Crippen molar-refractivity contribution >= 4 is 12.9 Å². The van der Waals surface area contributed by atoms with Gasteiger partial charge in [-0.15, -0.1) is 0 Å². The lowest BCUT2D eigenvalue weighted by atomic mass is 10.0. The van der Waals surface area contributed by atoms with Gasteiger partial charge >= 0.3 is 0 Å². The molecule has 0 bridgehead atoms. The standard InChI is InChI=1S/C14H18O4/c1-2-3-4-5-7-12-13(17-10-15)8-6-9-14(12)18-11-16/h6,8-11H,2-5,7H2,1H3. The number of carbonyl (C=O) groups excluding carboxylic acids is 2. The molecule has 4 nitrogen and oxygen atoms in total. The molecule has 0 aliphatic rings. The zero-order valence-electron chi connectivity index (χ0n) is 10.6. The first-order chi connectivity index (χ1) is 8.83. The van der Waals surface area contributed by atoms with E-state index in [1.807, 2.05) is 0 Å². The predicted molar refractivity (Wildman–Crippen MR) is 67.7 cm³/mol. The highest BCUT2D eigenvalue weighted by atomic mass is 16.5. The highest BCUT2D eigenvalue weighted by Gasteiger charge is 2.10. The summed E-state index contributed by atoms with van der Waals surface area (Å²) in [7, 11) is 0. The quantitative estimate of drug-likeness (QED) is 0.499. The Morgan fingerprint density at radius 2 is 1.61 bits per heavy atom. The number of hydrogen-bond acceptors (Lipinski definition) is 4. The van der Waals surface area contributed by atoms with Crippen LogP contribution in [0, 0.1) is 0 Å².